The fourth-order valence-electron chi connectivity index (χ4n) is 3.72. The van der Waals surface area contributed by atoms with Crippen LogP contribution in [0.3, 0.4) is 0 Å². The van der Waals surface area contributed by atoms with E-state index in [0.717, 1.165) is 52.3 Å². The third-order valence-corrected chi connectivity index (χ3v) is 5.52. The third kappa shape index (κ3) is 4.87. The van der Waals surface area contributed by atoms with E-state index in [0.29, 0.717) is 24.3 Å². The maximum Gasteiger partial charge on any atom is 0.227 e. The Bertz CT molecular complexity index is 1250. The van der Waals surface area contributed by atoms with E-state index in [4.69, 9.17) is 14.7 Å². The molecule has 2 N–H and O–H groups in total. The minimum Gasteiger partial charge on any atom is -0.492 e. The summed E-state index contributed by atoms with van der Waals surface area (Å²) in [6.07, 6.45) is 5.53. The number of nitrogens with zero attached hydrogens (tertiary/aromatic N) is 6. The average molecular weight is 447 g/mol. The number of anilines is 3. The van der Waals surface area contributed by atoms with Crippen LogP contribution in [-0.4, -0.2) is 42.4 Å². The molecule has 0 radical (unpaired) electrons. The topological polar surface area (TPSA) is 103 Å². The van der Waals surface area contributed by atoms with Crippen molar-refractivity contribution in [1.82, 2.24) is 29.7 Å². The molecule has 0 aliphatic carbocycles. The Labute approximate surface area is 193 Å². The molecule has 0 saturated carbocycles. The molecule has 0 bridgehead atoms. The lowest BCUT2D eigenvalue weighted by molar-refractivity contribution is 0.342. The molecular formula is C24H30N8O. The van der Waals surface area contributed by atoms with Gasteiger partial charge in [0.15, 0.2) is 11.6 Å². The third-order valence-electron chi connectivity index (χ3n) is 5.52. The zero-order valence-electron chi connectivity index (χ0n) is 19.8. The first-order valence-electron chi connectivity index (χ1n) is 11.3. The molecule has 3 aromatic heterocycles. The quantitative estimate of drug-likeness (QED) is 0.375. The maximum atomic E-state index is 5.90. The Morgan fingerprint density at radius 3 is 2.61 bits per heavy atom. The van der Waals surface area contributed by atoms with Gasteiger partial charge in [0, 0.05) is 35.9 Å². The predicted octanol–water partition coefficient (Wildman–Crippen LogP) is 4.87. The number of aromatic nitrogens is 6. The summed E-state index contributed by atoms with van der Waals surface area (Å²) >= 11 is 0. The molecule has 0 saturated heterocycles. The van der Waals surface area contributed by atoms with E-state index in [9.17, 15) is 0 Å². The number of ether oxygens (including phenoxy) is 1. The van der Waals surface area contributed by atoms with Crippen molar-refractivity contribution in [3.05, 3.63) is 42.5 Å². The highest BCUT2D eigenvalue weighted by molar-refractivity contribution is 5.89. The molecule has 0 spiro atoms. The van der Waals surface area contributed by atoms with Crippen LogP contribution in [0, 0.1) is 6.92 Å². The molecule has 4 aromatic rings. The number of aryl methyl sites for hydroxylation is 2. The van der Waals surface area contributed by atoms with Gasteiger partial charge in [0.05, 0.1) is 12.3 Å². The molecule has 0 amide bonds. The van der Waals surface area contributed by atoms with Crippen LogP contribution < -0.4 is 15.4 Å². The van der Waals surface area contributed by atoms with Crippen LogP contribution in [-0.2, 0) is 7.05 Å². The molecule has 33 heavy (non-hydrogen) atoms. The molecule has 172 valence electrons. The van der Waals surface area contributed by atoms with Crippen molar-refractivity contribution in [3.63, 3.8) is 0 Å². The van der Waals surface area contributed by atoms with Gasteiger partial charge in [-0.15, -0.1) is 10.2 Å². The SMILES string of the molecule is CCOc1cc(-c2nncn2C)ccc1Nc1ncc2cc(C)nc(NC(CC)CC)c2n1. The minimum atomic E-state index is 0.339. The highest BCUT2D eigenvalue weighted by atomic mass is 16.5. The number of benzene rings is 1. The Balaban J connectivity index is 1.69. The van der Waals surface area contributed by atoms with Gasteiger partial charge in [-0.25, -0.2) is 15.0 Å². The Morgan fingerprint density at radius 2 is 1.91 bits per heavy atom. The van der Waals surface area contributed by atoms with Crippen molar-refractivity contribution < 1.29 is 4.74 Å². The number of nitrogens with one attached hydrogen (secondary N) is 2. The zero-order chi connectivity index (χ0) is 23.4. The van der Waals surface area contributed by atoms with Crippen molar-refractivity contribution in [2.75, 3.05) is 17.2 Å². The van der Waals surface area contributed by atoms with E-state index in [1.54, 1.807) is 6.33 Å². The van der Waals surface area contributed by atoms with Gasteiger partial charge in [0.1, 0.15) is 17.6 Å². The van der Waals surface area contributed by atoms with E-state index in [-0.39, 0.29) is 0 Å². The van der Waals surface area contributed by atoms with Crippen molar-refractivity contribution in [2.24, 2.45) is 7.05 Å². The summed E-state index contributed by atoms with van der Waals surface area (Å²) in [5.41, 5.74) is 3.41. The first-order chi connectivity index (χ1) is 16.0. The van der Waals surface area contributed by atoms with Crippen LogP contribution in [0.4, 0.5) is 17.5 Å². The average Bonchev–Trinajstić information content (AvgIpc) is 3.24. The summed E-state index contributed by atoms with van der Waals surface area (Å²) < 4.78 is 7.77. The van der Waals surface area contributed by atoms with E-state index in [1.807, 2.05) is 55.9 Å². The van der Waals surface area contributed by atoms with Gasteiger partial charge in [0.25, 0.3) is 0 Å². The summed E-state index contributed by atoms with van der Waals surface area (Å²) in [5, 5.41) is 16.0. The van der Waals surface area contributed by atoms with Crippen LogP contribution >= 0.6 is 0 Å². The number of hydrogen-bond acceptors (Lipinski definition) is 8. The molecule has 1 aromatic carbocycles. The molecule has 0 fully saturated rings. The molecule has 9 heteroatoms. The van der Waals surface area contributed by atoms with Gasteiger partial charge < -0.3 is 19.9 Å². The van der Waals surface area contributed by atoms with E-state index >= 15 is 0 Å². The van der Waals surface area contributed by atoms with Gasteiger partial charge in [-0.2, -0.15) is 0 Å². The zero-order valence-corrected chi connectivity index (χ0v) is 19.8. The Kier molecular flexibility index (Phi) is 6.67. The van der Waals surface area contributed by atoms with E-state index in [1.165, 1.54) is 0 Å². The lowest BCUT2D eigenvalue weighted by Gasteiger charge is -2.17. The van der Waals surface area contributed by atoms with Crippen molar-refractivity contribution in [3.8, 4) is 17.1 Å². The highest BCUT2D eigenvalue weighted by Crippen LogP contribution is 2.32. The van der Waals surface area contributed by atoms with Crippen LogP contribution in [0.1, 0.15) is 39.3 Å². The van der Waals surface area contributed by atoms with Gasteiger partial charge in [-0.1, -0.05) is 13.8 Å². The summed E-state index contributed by atoms with van der Waals surface area (Å²) in [6, 6.07) is 8.20. The summed E-state index contributed by atoms with van der Waals surface area (Å²) in [6.45, 7) is 8.80. The Morgan fingerprint density at radius 1 is 1.09 bits per heavy atom. The number of rotatable bonds is 9. The first-order valence-corrected chi connectivity index (χ1v) is 11.3. The van der Waals surface area contributed by atoms with Crippen LogP contribution in [0.2, 0.25) is 0 Å². The number of fused-ring (bicyclic) bond motifs is 1. The standard InChI is InChI=1S/C24H30N8O/c1-6-18(7-2)28-22-21-17(11-15(4)27-22)13-25-24(30-21)29-19-10-9-16(12-20(19)33-8-3)23-31-26-14-32(23)5/h9-14,18H,6-8H2,1-5H3,(H,27,28)(H,25,29,30). The van der Waals surface area contributed by atoms with Crippen LogP contribution in [0.25, 0.3) is 22.3 Å². The normalized spacial score (nSPS) is 11.2. The second-order valence-electron chi connectivity index (χ2n) is 7.94. The highest BCUT2D eigenvalue weighted by Gasteiger charge is 2.14. The minimum absolute atomic E-state index is 0.339. The largest absolute Gasteiger partial charge is 0.492 e. The van der Waals surface area contributed by atoms with Crippen molar-refractivity contribution >= 4 is 28.4 Å². The molecule has 0 aliphatic heterocycles. The first kappa shape index (κ1) is 22.4. The molecule has 0 unspecified atom stereocenters. The fourth-order valence-corrected chi connectivity index (χ4v) is 3.72. The lowest BCUT2D eigenvalue weighted by Crippen LogP contribution is -2.18. The molecule has 9 nitrogen and oxygen atoms in total. The summed E-state index contributed by atoms with van der Waals surface area (Å²) in [7, 11) is 1.91. The van der Waals surface area contributed by atoms with E-state index < -0.39 is 0 Å². The summed E-state index contributed by atoms with van der Waals surface area (Å²) in [4.78, 5) is 14.0. The van der Waals surface area contributed by atoms with Crippen molar-refractivity contribution in [2.45, 2.75) is 46.6 Å². The lowest BCUT2D eigenvalue weighted by atomic mass is 10.1. The van der Waals surface area contributed by atoms with Crippen molar-refractivity contribution in [1.29, 1.82) is 0 Å². The smallest absolute Gasteiger partial charge is 0.227 e. The Hall–Kier alpha value is -3.75. The van der Waals surface area contributed by atoms with Crippen LogP contribution in [0.5, 0.6) is 5.75 Å². The predicted molar refractivity (Wildman–Crippen MR) is 131 cm³/mol. The molecule has 3 heterocycles. The molecular weight excluding hydrogens is 416 g/mol. The number of hydrogen-bond donors (Lipinski definition) is 2. The van der Waals surface area contributed by atoms with Gasteiger partial charge in [0.2, 0.25) is 5.95 Å². The second-order valence-corrected chi connectivity index (χ2v) is 7.94. The summed E-state index contributed by atoms with van der Waals surface area (Å²) in [5.74, 6) is 2.72. The van der Waals surface area contributed by atoms with Gasteiger partial charge in [-0.3, -0.25) is 0 Å². The van der Waals surface area contributed by atoms with Gasteiger partial charge >= 0.3 is 0 Å². The van der Waals surface area contributed by atoms with Gasteiger partial charge in [-0.05, 0) is 51.0 Å². The van der Waals surface area contributed by atoms with Crippen LogP contribution in [0.15, 0.2) is 36.8 Å². The fraction of sp³-hybridized carbons (Fsp3) is 0.375. The monoisotopic (exact) mass is 446 g/mol. The van der Waals surface area contributed by atoms with E-state index in [2.05, 4.69) is 39.7 Å². The molecule has 0 atom stereocenters. The molecule has 4 rings (SSSR count). The molecule has 0 aliphatic rings. The second kappa shape index (κ2) is 9.81. The number of pyridine rings is 1. The maximum absolute atomic E-state index is 5.90.